The van der Waals surface area contributed by atoms with Gasteiger partial charge in [0, 0.05) is 6.04 Å². The van der Waals surface area contributed by atoms with Gasteiger partial charge < -0.3 is 25.6 Å². The van der Waals surface area contributed by atoms with E-state index in [1.807, 2.05) is 0 Å². The predicted molar refractivity (Wildman–Crippen MR) is 91.2 cm³/mol. The number of aromatic hydroxyl groups is 1. The number of aliphatic imine (C=N–C) groups is 1. The average Bonchev–Trinajstić information content (AvgIpc) is 2.82. The summed E-state index contributed by atoms with van der Waals surface area (Å²) in [5.41, 5.74) is 6.86. The molecule has 1 saturated carbocycles. The van der Waals surface area contributed by atoms with Crippen molar-refractivity contribution in [2.45, 2.75) is 51.1 Å². The summed E-state index contributed by atoms with van der Waals surface area (Å²) in [5.74, 6) is 1.19. The van der Waals surface area contributed by atoms with Gasteiger partial charge in [0.1, 0.15) is 0 Å². The smallest absolute Gasteiger partial charge is 0.200 e. The number of benzene rings is 1. The third kappa shape index (κ3) is 4.94. The molecule has 0 saturated heterocycles. The van der Waals surface area contributed by atoms with Gasteiger partial charge in [-0.3, -0.25) is 0 Å². The van der Waals surface area contributed by atoms with Crippen molar-refractivity contribution < 1.29 is 14.6 Å². The number of methoxy groups -OCH3 is 2. The predicted octanol–water partition coefficient (Wildman–Crippen LogP) is 2.54. The van der Waals surface area contributed by atoms with Crippen LogP contribution in [-0.4, -0.2) is 31.3 Å². The highest BCUT2D eigenvalue weighted by Gasteiger charge is 2.13. The molecule has 0 aromatic heterocycles. The number of hydrogen-bond acceptors (Lipinski definition) is 4. The number of guanidine groups is 1. The first-order valence-corrected chi connectivity index (χ1v) is 8.14. The van der Waals surface area contributed by atoms with Gasteiger partial charge in [-0.25, -0.2) is 4.99 Å². The maximum atomic E-state index is 9.91. The summed E-state index contributed by atoms with van der Waals surface area (Å²) in [6.07, 6.45) is 7.41. The van der Waals surface area contributed by atoms with Crippen LogP contribution in [0.1, 0.15) is 44.1 Å². The van der Waals surface area contributed by atoms with Crippen LogP contribution in [0.4, 0.5) is 0 Å². The molecule has 0 spiro atoms. The second kappa shape index (κ2) is 8.50. The Morgan fingerprint density at radius 1 is 1.17 bits per heavy atom. The van der Waals surface area contributed by atoms with Crippen LogP contribution in [0.25, 0.3) is 0 Å². The van der Waals surface area contributed by atoms with Crippen LogP contribution in [0.15, 0.2) is 17.1 Å². The van der Waals surface area contributed by atoms with Crippen LogP contribution in [0.3, 0.4) is 0 Å². The zero-order valence-corrected chi connectivity index (χ0v) is 14.0. The van der Waals surface area contributed by atoms with Gasteiger partial charge in [0.25, 0.3) is 0 Å². The molecule has 0 heterocycles. The molecule has 0 amide bonds. The first-order chi connectivity index (χ1) is 11.1. The lowest BCUT2D eigenvalue weighted by Crippen LogP contribution is -2.39. The Hall–Kier alpha value is -2.11. The number of hydrogen-bond donors (Lipinski definition) is 3. The summed E-state index contributed by atoms with van der Waals surface area (Å²) < 4.78 is 10.3. The first kappa shape index (κ1) is 17.2. The van der Waals surface area contributed by atoms with E-state index in [1.165, 1.54) is 39.9 Å². The molecule has 1 aliphatic rings. The molecule has 1 aromatic carbocycles. The number of rotatable bonds is 5. The molecule has 1 aromatic rings. The molecule has 2 rings (SSSR count). The molecule has 23 heavy (non-hydrogen) atoms. The lowest BCUT2D eigenvalue weighted by atomic mass is 10.1. The fourth-order valence-electron chi connectivity index (χ4n) is 2.89. The number of ether oxygens (including phenoxy) is 2. The molecule has 0 unspecified atom stereocenters. The third-order valence-corrected chi connectivity index (χ3v) is 4.18. The number of nitrogens with one attached hydrogen (secondary N) is 1. The molecular weight excluding hydrogens is 294 g/mol. The lowest BCUT2D eigenvalue weighted by Gasteiger charge is -2.16. The fourth-order valence-corrected chi connectivity index (χ4v) is 2.89. The Morgan fingerprint density at radius 2 is 1.74 bits per heavy atom. The third-order valence-electron chi connectivity index (χ3n) is 4.18. The number of phenols is 1. The van der Waals surface area contributed by atoms with E-state index in [4.69, 9.17) is 15.2 Å². The van der Waals surface area contributed by atoms with E-state index in [9.17, 15) is 5.11 Å². The van der Waals surface area contributed by atoms with Crippen LogP contribution < -0.4 is 20.5 Å². The molecule has 6 nitrogen and oxygen atoms in total. The van der Waals surface area contributed by atoms with Crippen molar-refractivity contribution in [3.05, 3.63) is 17.7 Å². The Labute approximate surface area is 137 Å². The second-order valence-corrected chi connectivity index (χ2v) is 5.88. The van der Waals surface area contributed by atoms with Gasteiger partial charge in [0.15, 0.2) is 17.5 Å². The lowest BCUT2D eigenvalue weighted by molar-refractivity contribution is 0.339. The number of phenolic OH excluding ortho intramolecular Hbond substituents is 1. The van der Waals surface area contributed by atoms with Crippen LogP contribution in [-0.2, 0) is 6.54 Å². The average molecular weight is 321 g/mol. The molecular formula is C17H27N3O3. The van der Waals surface area contributed by atoms with Crippen molar-refractivity contribution in [2.75, 3.05) is 14.2 Å². The van der Waals surface area contributed by atoms with Gasteiger partial charge in [-0.15, -0.1) is 0 Å². The quantitative estimate of drug-likeness (QED) is 0.440. The molecule has 1 fully saturated rings. The van der Waals surface area contributed by atoms with E-state index in [0.717, 1.165) is 18.4 Å². The summed E-state index contributed by atoms with van der Waals surface area (Å²) in [6.45, 7) is 0.401. The first-order valence-electron chi connectivity index (χ1n) is 8.14. The van der Waals surface area contributed by atoms with E-state index >= 15 is 0 Å². The van der Waals surface area contributed by atoms with Crippen molar-refractivity contribution >= 4 is 5.96 Å². The summed E-state index contributed by atoms with van der Waals surface area (Å²) >= 11 is 0. The largest absolute Gasteiger partial charge is 0.502 e. The maximum Gasteiger partial charge on any atom is 0.200 e. The van der Waals surface area contributed by atoms with Crippen LogP contribution >= 0.6 is 0 Å². The highest BCUT2D eigenvalue weighted by atomic mass is 16.5. The Kier molecular flexibility index (Phi) is 6.38. The Morgan fingerprint density at radius 3 is 2.26 bits per heavy atom. The van der Waals surface area contributed by atoms with Gasteiger partial charge >= 0.3 is 0 Å². The van der Waals surface area contributed by atoms with Gasteiger partial charge in [-0.1, -0.05) is 25.7 Å². The SMILES string of the molecule is COc1cc(CN=C(N)NC2CCCCCC2)cc(OC)c1O. The van der Waals surface area contributed by atoms with Crippen molar-refractivity contribution in [1.29, 1.82) is 0 Å². The van der Waals surface area contributed by atoms with Gasteiger partial charge in [-0.05, 0) is 30.5 Å². The van der Waals surface area contributed by atoms with Crippen molar-refractivity contribution in [2.24, 2.45) is 10.7 Å². The highest BCUT2D eigenvalue weighted by molar-refractivity contribution is 5.78. The zero-order chi connectivity index (χ0) is 16.7. The Balaban J connectivity index is 2.00. The molecule has 0 bridgehead atoms. The molecule has 0 atom stereocenters. The molecule has 0 aliphatic heterocycles. The fraction of sp³-hybridized carbons (Fsp3) is 0.588. The van der Waals surface area contributed by atoms with Crippen LogP contribution in [0, 0.1) is 0 Å². The molecule has 6 heteroatoms. The zero-order valence-electron chi connectivity index (χ0n) is 14.0. The monoisotopic (exact) mass is 321 g/mol. The van der Waals surface area contributed by atoms with Gasteiger partial charge in [0.05, 0.1) is 20.8 Å². The second-order valence-electron chi connectivity index (χ2n) is 5.88. The van der Waals surface area contributed by atoms with E-state index in [2.05, 4.69) is 10.3 Å². The van der Waals surface area contributed by atoms with E-state index in [-0.39, 0.29) is 5.75 Å². The molecule has 128 valence electrons. The minimum Gasteiger partial charge on any atom is -0.502 e. The van der Waals surface area contributed by atoms with Crippen LogP contribution in [0.2, 0.25) is 0 Å². The van der Waals surface area contributed by atoms with Crippen molar-refractivity contribution in [3.63, 3.8) is 0 Å². The molecule has 4 N–H and O–H groups in total. The summed E-state index contributed by atoms with van der Waals surface area (Å²) in [5, 5.41) is 13.2. The van der Waals surface area contributed by atoms with E-state index < -0.39 is 0 Å². The minimum atomic E-state index is -0.00715. The summed E-state index contributed by atoms with van der Waals surface area (Å²) in [7, 11) is 3.01. The van der Waals surface area contributed by atoms with Gasteiger partial charge in [-0.2, -0.15) is 0 Å². The number of nitrogens with two attached hydrogens (primary N) is 1. The van der Waals surface area contributed by atoms with Crippen molar-refractivity contribution in [1.82, 2.24) is 5.32 Å². The summed E-state index contributed by atoms with van der Waals surface area (Å²) in [4.78, 5) is 4.39. The van der Waals surface area contributed by atoms with E-state index in [0.29, 0.717) is 30.0 Å². The maximum absolute atomic E-state index is 9.91. The van der Waals surface area contributed by atoms with Crippen LogP contribution in [0.5, 0.6) is 17.2 Å². The normalized spacial score (nSPS) is 16.7. The minimum absolute atomic E-state index is 0.00715. The van der Waals surface area contributed by atoms with Gasteiger partial charge in [0.2, 0.25) is 5.75 Å². The molecule has 1 aliphatic carbocycles. The standard InChI is InChI=1S/C17H27N3O3/c1-22-14-9-12(10-15(23-2)16(14)21)11-19-17(18)20-13-7-5-3-4-6-8-13/h9-10,13,21H,3-8,11H2,1-2H3,(H3,18,19,20). The topological polar surface area (TPSA) is 89.1 Å². The van der Waals surface area contributed by atoms with E-state index in [1.54, 1.807) is 12.1 Å². The Bertz CT molecular complexity index is 513. The highest BCUT2D eigenvalue weighted by Crippen LogP contribution is 2.37. The number of nitrogens with zero attached hydrogens (tertiary/aromatic N) is 1. The van der Waals surface area contributed by atoms with Crippen molar-refractivity contribution in [3.8, 4) is 17.2 Å². The summed E-state index contributed by atoms with van der Waals surface area (Å²) in [6, 6.07) is 3.89. The molecule has 0 radical (unpaired) electrons.